The second-order valence-corrected chi connectivity index (χ2v) is 9.85. The highest BCUT2D eigenvalue weighted by Crippen LogP contribution is 2.46. The molecule has 10 heteroatoms. The normalized spacial score (nSPS) is 16.8. The molecule has 1 aromatic heterocycles. The van der Waals surface area contributed by atoms with Crippen LogP contribution in [0.2, 0.25) is 0 Å². The molecule has 1 aromatic carbocycles. The minimum Gasteiger partial charge on any atom is -0.506 e. The lowest BCUT2D eigenvalue weighted by atomic mass is 10.1. The van der Waals surface area contributed by atoms with Crippen LogP contribution in [0.4, 0.5) is 0 Å². The number of aromatic nitrogens is 1. The van der Waals surface area contributed by atoms with Crippen LogP contribution < -0.4 is 9.61 Å². The molecule has 0 saturated heterocycles. The third kappa shape index (κ3) is 7.01. The lowest BCUT2D eigenvalue weighted by molar-refractivity contribution is -0.146. The summed E-state index contributed by atoms with van der Waals surface area (Å²) in [6, 6.07) is 7.47. The summed E-state index contributed by atoms with van der Waals surface area (Å²) in [5.74, 6) is -0.0576. The van der Waals surface area contributed by atoms with Gasteiger partial charge in [0.05, 0.1) is 25.5 Å². The van der Waals surface area contributed by atoms with Gasteiger partial charge in [-0.2, -0.15) is 5.09 Å². The number of nitrogens with zero attached hydrogens (tertiary/aromatic N) is 1. The highest BCUT2D eigenvalue weighted by molar-refractivity contribution is 7.52. The number of aliphatic hydroxyl groups is 1. The maximum absolute atomic E-state index is 13.6. The Hall–Kier alpha value is -2.45. The summed E-state index contributed by atoms with van der Waals surface area (Å²) in [6.07, 6.45) is 5.79. The van der Waals surface area contributed by atoms with Gasteiger partial charge in [-0.25, -0.2) is 4.57 Å². The lowest BCUT2D eigenvalue weighted by Crippen LogP contribution is -2.35. The van der Waals surface area contributed by atoms with Gasteiger partial charge in [0.1, 0.15) is 17.5 Å². The van der Waals surface area contributed by atoms with E-state index in [0.717, 1.165) is 25.7 Å². The molecule has 3 N–H and O–H groups in total. The summed E-state index contributed by atoms with van der Waals surface area (Å²) >= 11 is 0. The van der Waals surface area contributed by atoms with Crippen LogP contribution in [0.25, 0.3) is 0 Å². The van der Waals surface area contributed by atoms with Crippen LogP contribution in [0.5, 0.6) is 11.5 Å². The number of esters is 1. The Labute approximate surface area is 193 Å². The number of ether oxygens (including phenoxy) is 1. The van der Waals surface area contributed by atoms with Gasteiger partial charge in [0, 0.05) is 17.3 Å². The van der Waals surface area contributed by atoms with Crippen molar-refractivity contribution in [1.29, 1.82) is 0 Å². The number of rotatable bonds is 11. The lowest BCUT2D eigenvalue weighted by Gasteiger charge is -2.23. The summed E-state index contributed by atoms with van der Waals surface area (Å²) < 4.78 is 30.2. The number of aryl methyl sites for hydroxylation is 1. The van der Waals surface area contributed by atoms with Crippen molar-refractivity contribution in [1.82, 2.24) is 10.1 Å². The Morgan fingerprint density at radius 3 is 2.64 bits per heavy atom. The first-order valence-electron chi connectivity index (χ1n) is 11.0. The monoisotopic (exact) mass is 478 g/mol. The van der Waals surface area contributed by atoms with Crippen molar-refractivity contribution in [2.45, 2.75) is 58.8 Å². The van der Waals surface area contributed by atoms with Gasteiger partial charge in [-0.15, -0.1) is 0 Å². The number of para-hydroxylation sites is 1. The molecule has 0 amide bonds. The van der Waals surface area contributed by atoms with E-state index in [0.29, 0.717) is 23.8 Å². The summed E-state index contributed by atoms with van der Waals surface area (Å²) in [5.41, 5.74) is 0.914. The minimum absolute atomic E-state index is 0.158. The molecule has 0 radical (unpaired) electrons. The molecule has 1 unspecified atom stereocenters. The highest BCUT2D eigenvalue weighted by atomic mass is 31.2. The van der Waals surface area contributed by atoms with E-state index in [1.807, 2.05) is 0 Å². The number of hydrogen-bond acceptors (Lipinski definition) is 8. The standard InChI is InChI=1S/C23H31N2O7P/c1-16-22(27)21(13-26)19(12-24-16)15-31-33(29,32-20-10-4-3-5-11-20)25-17(2)23(28)30-14-18-8-6-7-9-18/h3-5,10-12,17-18,26-27H,6-9,13-15H2,1-2H3,(H,25,29)/t17-,33?/m0/s1. The molecule has 2 atom stereocenters. The molecule has 33 heavy (non-hydrogen) atoms. The number of hydrogen-bond donors (Lipinski definition) is 3. The number of aromatic hydroxyl groups is 1. The summed E-state index contributed by atoms with van der Waals surface area (Å²) in [5, 5.41) is 22.4. The third-order valence-electron chi connectivity index (χ3n) is 5.59. The van der Waals surface area contributed by atoms with E-state index in [1.165, 1.54) is 13.1 Å². The van der Waals surface area contributed by atoms with Gasteiger partial charge < -0.3 is 19.5 Å². The zero-order valence-electron chi connectivity index (χ0n) is 18.9. The Morgan fingerprint density at radius 1 is 1.27 bits per heavy atom. The van der Waals surface area contributed by atoms with Crippen molar-refractivity contribution in [3.05, 3.63) is 53.3 Å². The predicted octanol–water partition coefficient (Wildman–Crippen LogP) is 4.00. The largest absolute Gasteiger partial charge is 0.506 e. The zero-order valence-corrected chi connectivity index (χ0v) is 19.8. The second-order valence-electron chi connectivity index (χ2n) is 8.16. The van der Waals surface area contributed by atoms with E-state index in [4.69, 9.17) is 13.8 Å². The van der Waals surface area contributed by atoms with Gasteiger partial charge in [-0.1, -0.05) is 31.0 Å². The van der Waals surface area contributed by atoms with Crippen LogP contribution >= 0.6 is 7.75 Å². The Bertz CT molecular complexity index is 980. The first kappa shape index (κ1) is 25.2. The fraction of sp³-hybridized carbons (Fsp3) is 0.478. The van der Waals surface area contributed by atoms with E-state index in [1.54, 1.807) is 37.3 Å². The first-order chi connectivity index (χ1) is 15.8. The molecule has 1 heterocycles. The van der Waals surface area contributed by atoms with E-state index < -0.39 is 26.4 Å². The number of carbonyl (C=O) groups is 1. The Kier molecular flexibility index (Phi) is 8.86. The molecule has 0 spiro atoms. The van der Waals surface area contributed by atoms with Gasteiger partial charge in [-0.05, 0) is 44.7 Å². The van der Waals surface area contributed by atoms with Crippen molar-refractivity contribution in [3.8, 4) is 11.5 Å². The molecule has 2 aromatic rings. The molecule has 180 valence electrons. The van der Waals surface area contributed by atoms with Gasteiger partial charge >= 0.3 is 13.7 Å². The molecule has 1 fully saturated rings. The SMILES string of the molecule is Cc1ncc(COP(=O)(N[C@@H](C)C(=O)OCC2CCCC2)Oc2ccccc2)c(CO)c1O. The van der Waals surface area contributed by atoms with Crippen molar-refractivity contribution in [2.75, 3.05) is 6.61 Å². The van der Waals surface area contributed by atoms with Crippen LogP contribution in [0, 0.1) is 12.8 Å². The average molecular weight is 478 g/mol. The van der Waals surface area contributed by atoms with Crippen molar-refractivity contribution in [2.24, 2.45) is 5.92 Å². The number of aliphatic hydroxyl groups excluding tert-OH is 1. The molecule has 9 nitrogen and oxygen atoms in total. The molecule has 0 aliphatic heterocycles. The van der Waals surface area contributed by atoms with Crippen molar-refractivity contribution in [3.63, 3.8) is 0 Å². The fourth-order valence-electron chi connectivity index (χ4n) is 3.64. The minimum atomic E-state index is -4.06. The van der Waals surface area contributed by atoms with Crippen LogP contribution in [0.15, 0.2) is 36.5 Å². The molecule has 1 aliphatic carbocycles. The fourth-order valence-corrected chi connectivity index (χ4v) is 5.11. The van der Waals surface area contributed by atoms with Crippen LogP contribution in [-0.4, -0.2) is 33.8 Å². The van der Waals surface area contributed by atoms with E-state index >= 15 is 0 Å². The maximum Gasteiger partial charge on any atom is 0.459 e. The predicted molar refractivity (Wildman–Crippen MR) is 122 cm³/mol. The first-order valence-corrected chi connectivity index (χ1v) is 12.6. The molecule has 0 bridgehead atoms. The van der Waals surface area contributed by atoms with Gasteiger partial charge in [0.2, 0.25) is 0 Å². The van der Waals surface area contributed by atoms with E-state index in [2.05, 4.69) is 10.1 Å². The van der Waals surface area contributed by atoms with E-state index in [9.17, 15) is 19.6 Å². The van der Waals surface area contributed by atoms with Gasteiger partial charge in [0.25, 0.3) is 0 Å². The quantitative estimate of drug-likeness (QED) is 0.324. The summed E-state index contributed by atoms with van der Waals surface area (Å²) in [6.45, 7) is 2.74. The van der Waals surface area contributed by atoms with Crippen molar-refractivity contribution >= 4 is 13.7 Å². The topological polar surface area (TPSA) is 127 Å². The van der Waals surface area contributed by atoms with Crippen LogP contribution in [0.3, 0.4) is 0 Å². The third-order valence-corrected chi connectivity index (χ3v) is 7.21. The molecular weight excluding hydrogens is 447 g/mol. The van der Waals surface area contributed by atoms with Crippen molar-refractivity contribution < 1.29 is 33.4 Å². The zero-order chi connectivity index (χ0) is 23.8. The number of carbonyl (C=O) groups excluding carboxylic acids is 1. The van der Waals surface area contributed by atoms with Gasteiger partial charge in [-0.3, -0.25) is 14.3 Å². The number of benzene rings is 1. The average Bonchev–Trinajstić information content (AvgIpc) is 3.32. The molecule has 3 rings (SSSR count). The van der Waals surface area contributed by atoms with Gasteiger partial charge in [0.15, 0.2) is 0 Å². The summed E-state index contributed by atoms with van der Waals surface area (Å²) in [4.78, 5) is 16.6. The van der Waals surface area contributed by atoms with E-state index in [-0.39, 0.29) is 23.7 Å². The second kappa shape index (κ2) is 11.6. The summed E-state index contributed by atoms with van der Waals surface area (Å²) in [7, 11) is -4.06. The van der Waals surface area contributed by atoms with Crippen LogP contribution in [-0.2, 0) is 31.8 Å². The maximum atomic E-state index is 13.6. The Balaban J connectivity index is 1.72. The number of pyridine rings is 1. The molecular formula is C23H31N2O7P. The molecule has 1 saturated carbocycles. The number of nitrogens with one attached hydrogen (secondary N) is 1. The smallest absolute Gasteiger partial charge is 0.459 e. The Morgan fingerprint density at radius 2 is 1.97 bits per heavy atom. The van der Waals surface area contributed by atoms with Crippen LogP contribution in [0.1, 0.15) is 49.4 Å². The highest BCUT2D eigenvalue weighted by Gasteiger charge is 2.33. The molecule has 1 aliphatic rings.